The van der Waals surface area contributed by atoms with Crippen LogP contribution in [0.5, 0.6) is 0 Å². The van der Waals surface area contributed by atoms with Gasteiger partial charge in [0.15, 0.2) is 5.96 Å². The summed E-state index contributed by atoms with van der Waals surface area (Å²) in [5, 5.41) is 6.82. The highest BCUT2D eigenvalue weighted by molar-refractivity contribution is 14.0. The van der Waals surface area contributed by atoms with Gasteiger partial charge in [-0.1, -0.05) is 13.3 Å². The lowest BCUT2D eigenvalue weighted by molar-refractivity contribution is 0.0203. The van der Waals surface area contributed by atoms with E-state index in [-0.39, 0.29) is 24.0 Å². The van der Waals surface area contributed by atoms with Crippen molar-refractivity contribution in [3.63, 3.8) is 0 Å². The predicted molar refractivity (Wildman–Crippen MR) is 123 cm³/mol. The number of nitrogens with one attached hydrogen (secondary N) is 2. The van der Waals surface area contributed by atoms with Crippen LogP contribution in [0.15, 0.2) is 4.99 Å². The highest BCUT2D eigenvalue weighted by Gasteiger charge is 2.20. The predicted octanol–water partition coefficient (Wildman–Crippen LogP) is 2.87. The zero-order chi connectivity index (χ0) is 18.5. The van der Waals surface area contributed by atoms with Gasteiger partial charge in [0.05, 0.1) is 6.54 Å². The molecule has 0 aromatic heterocycles. The van der Waals surface area contributed by atoms with Gasteiger partial charge < -0.3 is 20.1 Å². The zero-order valence-corrected chi connectivity index (χ0v) is 19.7. The number of halogens is 1. The molecule has 7 heteroatoms. The number of likely N-dealkylation sites (N-methyl/N-ethyl adjacent to an activating group) is 1. The van der Waals surface area contributed by atoms with Crippen molar-refractivity contribution in [1.82, 2.24) is 15.5 Å². The second-order valence-electron chi connectivity index (χ2n) is 7.41. The van der Waals surface area contributed by atoms with Gasteiger partial charge in [-0.3, -0.25) is 9.89 Å². The molecule has 2 aliphatic heterocycles. The summed E-state index contributed by atoms with van der Waals surface area (Å²) in [6, 6.07) is 0.604. The molecule has 2 aliphatic rings. The van der Waals surface area contributed by atoms with Crippen LogP contribution in [-0.2, 0) is 9.47 Å². The molecule has 0 spiro atoms. The quantitative estimate of drug-likeness (QED) is 0.211. The summed E-state index contributed by atoms with van der Waals surface area (Å²) in [4.78, 5) is 7.39. The maximum absolute atomic E-state index is 5.84. The van der Waals surface area contributed by atoms with E-state index in [1.807, 2.05) is 0 Å². The van der Waals surface area contributed by atoms with Crippen molar-refractivity contribution in [3.05, 3.63) is 0 Å². The maximum atomic E-state index is 5.84. The first-order valence-corrected chi connectivity index (χ1v) is 10.7. The minimum Gasteiger partial charge on any atom is -0.381 e. The van der Waals surface area contributed by atoms with Gasteiger partial charge in [0.2, 0.25) is 0 Å². The Balaban J connectivity index is 0.00000364. The number of likely N-dealkylation sites (tertiary alicyclic amines) is 1. The normalized spacial score (nSPS) is 22.3. The molecule has 2 fully saturated rings. The van der Waals surface area contributed by atoms with Crippen LogP contribution in [0.2, 0.25) is 0 Å². The van der Waals surface area contributed by atoms with Crippen LogP contribution in [0.1, 0.15) is 52.4 Å². The van der Waals surface area contributed by atoms with Crippen molar-refractivity contribution in [2.24, 2.45) is 10.9 Å². The number of rotatable bonds is 10. The van der Waals surface area contributed by atoms with E-state index in [2.05, 4.69) is 29.4 Å². The van der Waals surface area contributed by atoms with Crippen LogP contribution in [0.3, 0.4) is 0 Å². The van der Waals surface area contributed by atoms with Crippen LogP contribution >= 0.6 is 24.0 Å². The lowest BCUT2D eigenvalue weighted by Crippen LogP contribution is -2.43. The molecular formula is C20H41IN4O2. The first-order valence-electron chi connectivity index (χ1n) is 10.7. The van der Waals surface area contributed by atoms with Crippen LogP contribution in [0.4, 0.5) is 0 Å². The second kappa shape index (κ2) is 15.8. The third kappa shape index (κ3) is 10.3. The average Bonchev–Trinajstić information content (AvgIpc) is 2.69. The van der Waals surface area contributed by atoms with Crippen molar-refractivity contribution >= 4 is 29.9 Å². The molecular weight excluding hydrogens is 455 g/mol. The molecule has 0 aromatic carbocycles. The van der Waals surface area contributed by atoms with E-state index in [4.69, 9.17) is 14.5 Å². The fourth-order valence-corrected chi connectivity index (χ4v) is 3.77. The Bertz CT molecular complexity index is 392. The maximum Gasteiger partial charge on any atom is 0.191 e. The van der Waals surface area contributed by atoms with E-state index in [0.29, 0.717) is 12.0 Å². The molecule has 160 valence electrons. The first kappa shape index (κ1) is 24.9. The number of aliphatic imine (C=N–C) groups is 1. The summed E-state index contributed by atoms with van der Waals surface area (Å²) in [6.45, 7) is 12.9. The highest BCUT2D eigenvalue weighted by atomic mass is 127. The molecule has 0 aromatic rings. The van der Waals surface area contributed by atoms with Crippen LogP contribution in [0.25, 0.3) is 0 Å². The van der Waals surface area contributed by atoms with Crippen molar-refractivity contribution in [1.29, 1.82) is 0 Å². The van der Waals surface area contributed by atoms with Gasteiger partial charge in [0.25, 0.3) is 0 Å². The van der Waals surface area contributed by atoms with Crippen molar-refractivity contribution < 1.29 is 9.47 Å². The molecule has 27 heavy (non-hydrogen) atoms. The third-order valence-electron chi connectivity index (χ3n) is 5.41. The highest BCUT2D eigenvalue weighted by Crippen LogP contribution is 2.16. The minimum absolute atomic E-state index is 0. The fourth-order valence-electron chi connectivity index (χ4n) is 3.77. The van der Waals surface area contributed by atoms with Crippen LogP contribution < -0.4 is 10.6 Å². The van der Waals surface area contributed by atoms with Crippen LogP contribution in [0, 0.1) is 5.92 Å². The summed E-state index contributed by atoms with van der Waals surface area (Å²) in [5.41, 5.74) is 0. The standard InChI is InChI=1S/C20H40N4O2.HI/c1-3-21-20(23-16-19-8-5-6-12-24(19)4-2)22-11-7-13-26-17-18-9-14-25-15-10-18;/h18-19H,3-17H2,1-2H3,(H2,21,22,23);1H. The Hall–Kier alpha value is -0.120. The molecule has 2 saturated heterocycles. The smallest absolute Gasteiger partial charge is 0.191 e. The van der Waals surface area contributed by atoms with Crippen molar-refractivity contribution in [2.75, 3.05) is 59.2 Å². The lowest BCUT2D eigenvalue weighted by atomic mass is 10.0. The van der Waals surface area contributed by atoms with Gasteiger partial charge in [0.1, 0.15) is 0 Å². The summed E-state index contributed by atoms with van der Waals surface area (Å²) in [5.74, 6) is 1.63. The third-order valence-corrected chi connectivity index (χ3v) is 5.41. The Morgan fingerprint density at radius 1 is 1.15 bits per heavy atom. The van der Waals surface area contributed by atoms with E-state index < -0.39 is 0 Å². The second-order valence-corrected chi connectivity index (χ2v) is 7.41. The Kier molecular flexibility index (Phi) is 14.5. The number of nitrogens with zero attached hydrogens (tertiary/aromatic N) is 2. The van der Waals surface area contributed by atoms with Gasteiger partial charge in [-0.25, -0.2) is 0 Å². The molecule has 0 aliphatic carbocycles. The zero-order valence-electron chi connectivity index (χ0n) is 17.4. The SMILES string of the molecule is CCNC(=NCC1CCCCN1CC)NCCCOCC1CCOCC1.I. The summed E-state index contributed by atoms with van der Waals surface area (Å²) in [6.07, 6.45) is 7.25. The first-order chi connectivity index (χ1) is 12.8. The van der Waals surface area contributed by atoms with E-state index >= 15 is 0 Å². The Morgan fingerprint density at radius 2 is 1.96 bits per heavy atom. The largest absolute Gasteiger partial charge is 0.381 e. The molecule has 0 amide bonds. The van der Waals surface area contributed by atoms with Gasteiger partial charge in [0, 0.05) is 45.6 Å². The molecule has 1 unspecified atom stereocenters. The van der Waals surface area contributed by atoms with Crippen molar-refractivity contribution in [2.45, 2.75) is 58.4 Å². The summed E-state index contributed by atoms with van der Waals surface area (Å²) < 4.78 is 11.2. The fraction of sp³-hybridized carbons (Fsp3) is 0.950. The number of piperidine rings is 1. The molecule has 1 atom stereocenters. The molecule has 2 N–H and O–H groups in total. The van der Waals surface area contributed by atoms with E-state index in [1.165, 1.54) is 25.8 Å². The number of ether oxygens (including phenoxy) is 2. The van der Waals surface area contributed by atoms with Gasteiger partial charge in [-0.05, 0) is 58.0 Å². The minimum atomic E-state index is 0. The molecule has 0 bridgehead atoms. The van der Waals surface area contributed by atoms with Crippen molar-refractivity contribution in [3.8, 4) is 0 Å². The average molecular weight is 496 g/mol. The van der Waals surface area contributed by atoms with E-state index in [9.17, 15) is 0 Å². The monoisotopic (exact) mass is 496 g/mol. The number of guanidine groups is 1. The Labute approximate surface area is 183 Å². The number of hydrogen-bond donors (Lipinski definition) is 2. The molecule has 2 heterocycles. The van der Waals surface area contributed by atoms with E-state index in [1.54, 1.807) is 0 Å². The molecule has 6 nitrogen and oxygen atoms in total. The number of hydrogen-bond acceptors (Lipinski definition) is 4. The van der Waals surface area contributed by atoms with Gasteiger partial charge >= 0.3 is 0 Å². The topological polar surface area (TPSA) is 58.1 Å². The van der Waals surface area contributed by atoms with Crippen LogP contribution in [-0.4, -0.2) is 76.1 Å². The lowest BCUT2D eigenvalue weighted by Gasteiger charge is -2.33. The Morgan fingerprint density at radius 3 is 2.70 bits per heavy atom. The molecule has 0 saturated carbocycles. The molecule has 2 rings (SSSR count). The summed E-state index contributed by atoms with van der Waals surface area (Å²) >= 11 is 0. The van der Waals surface area contributed by atoms with E-state index in [0.717, 1.165) is 77.8 Å². The summed E-state index contributed by atoms with van der Waals surface area (Å²) in [7, 11) is 0. The van der Waals surface area contributed by atoms with Gasteiger partial charge in [-0.15, -0.1) is 24.0 Å². The van der Waals surface area contributed by atoms with Gasteiger partial charge in [-0.2, -0.15) is 0 Å². The molecule has 0 radical (unpaired) electrons.